The molecule has 0 aromatic heterocycles. The zero-order chi connectivity index (χ0) is 46.7. The quantitative estimate of drug-likeness (QED) is 0.0391. The number of nitro benzene ring substituents is 2. The average molecular weight is 1160 g/mol. The van der Waals surface area contributed by atoms with Crippen molar-refractivity contribution in [2.24, 2.45) is 20.5 Å². The smallest absolute Gasteiger partial charge is 0.871 e. The molecule has 0 fully saturated rings. The summed E-state index contributed by atoms with van der Waals surface area (Å²) in [4.78, 5) is 14.4. The number of non-ortho nitro benzene ring substituents is 1. The molecule has 6 rings (SSSR count). The minimum Gasteiger partial charge on any atom is -0.871 e. The molecule has 0 atom stereocenters. The van der Waals surface area contributed by atoms with E-state index in [0.29, 0.717) is 18.2 Å². The van der Waals surface area contributed by atoms with Gasteiger partial charge >= 0.3 is 152 Å². The largest absolute Gasteiger partial charge is 2.00 e. The van der Waals surface area contributed by atoms with E-state index in [2.05, 4.69) is 25.8 Å². The summed E-state index contributed by atoms with van der Waals surface area (Å²) < 4.78 is 143. The van der Waals surface area contributed by atoms with Crippen molar-refractivity contribution in [1.82, 2.24) is 0 Å². The normalized spacial score (nSPS) is 11.6. The van der Waals surface area contributed by atoms with Crippen molar-refractivity contribution in [1.29, 1.82) is 0 Å². The monoisotopic (exact) mass is 1160 g/mol. The van der Waals surface area contributed by atoms with Gasteiger partial charge in [0.1, 0.15) is 40.5 Å². The van der Waals surface area contributed by atoms with E-state index in [4.69, 9.17) is 0 Å². The van der Waals surface area contributed by atoms with Crippen LogP contribution in [0.15, 0.2) is 113 Å². The molecule has 0 aliphatic heterocycles. The predicted molar refractivity (Wildman–Crippen MR) is 195 cm³/mol. The van der Waals surface area contributed by atoms with Crippen LogP contribution in [0.1, 0.15) is 0 Å². The van der Waals surface area contributed by atoms with Crippen molar-refractivity contribution >= 4 is 108 Å². The molecule has 0 spiro atoms. The maximum absolute atomic E-state index is 13.4. The SMILES string of the molecule is O=[N+]([O-])c1cc(N=Nc2c(S(=O)(=O)[O-])cc3cc(Nc4ccc5c([O-])c(N=Nc6cc(S(=O)(=O)[O-])cc([N+](=O)[O-])c6[O-])c(S(=O)(=O)[O-])cc5c4)ccc3c2[O-])c([O-])c(S(=O)(=O)[O-])c1.[Cu+2].[Cu+2].[Na+].[Na+].[Na+].[Na+]. The Kier molecular flexibility index (Phi) is 24.1. The molecule has 27 nitrogen and oxygen atoms in total. The third-order valence-electron chi connectivity index (χ3n) is 8.41. The van der Waals surface area contributed by atoms with E-state index in [-0.39, 0.29) is 203 Å². The molecule has 0 aliphatic carbocycles. The molecule has 69 heavy (non-hydrogen) atoms. The second-order valence-corrected chi connectivity index (χ2v) is 17.8. The van der Waals surface area contributed by atoms with Gasteiger partial charge in [0.05, 0.1) is 52.2 Å². The molecular formula is C32H13Cu2N7Na4O20S4. The van der Waals surface area contributed by atoms with Crippen molar-refractivity contribution in [2.75, 3.05) is 5.32 Å². The Morgan fingerprint density at radius 3 is 1.22 bits per heavy atom. The van der Waals surface area contributed by atoms with E-state index < -0.39 is 127 Å². The van der Waals surface area contributed by atoms with E-state index >= 15 is 0 Å². The molecule has 6 aromatic carbocycles. The Labute approximate surface area is 496 Å². The minimum atomic E-state index is -5.62. The van der Waals surface area contributed by atoms with Crippen LogP contribution in [0, 0.1) is 20.2 Å². The van der Waals surface area contributed by atoms with Gasteiger partial charge in [-0.25, -0.2) is 33.7 Å². The van der Waals surface area contributed by atoms with Gasteiger partial charge in [-0.3, -0.25) is 20.2 Å². The van der Waals surface area contributed by atoms with Crippen molar-refractivity contribution in [2.45, 2.75) is 19.6 Å². The van der Waals surface area contributed by atoms with Gasteiger partial charge in [-0.05, 0) is 64.0 Å². The molecule has 0 amide bonds. The molecular weight excluding hydrogens is 1150 g/mol. The van der Waals surface area contributed by atoms with Gasteiger partial charge < -0.3 is 44.0 Å². The molecule has 6 aromatic rings. The minimum absolute atomic E-state index is 0. The van der Waals surface area contributed by atoms with Gasteiger partial charge in [-0.15, -0.1) is 10.2 Å². The standard InChI is InChI=1S/C32H21N7O20S4.2Cu.4Na/c40-29-19-3-1-15(5-13(19)7-24(61(51,52)53)27(29)36-34-21-9-17(38(44)45)10-26(32(21)43)63(57,58)59)33-16-2-4-20-14(6-16)8-25(62(54,55)56)28(30(20)41)37-35-22-11-18(60(48,49)50)12-23(31(22)42)39(46)47;;;;;;/h1-12,33,40-43H,(H,48,49,50)(H,51,52,53)(H,54,55,56)(H,57,58,59);;;;;;/q;2*+2;4*+1/p-8. The maximum Gasteiger partial charge on any atom is 2.00 e. The van der Waals surface area contributed by atoms with E-state index in [1.807, 2.05) is 0 Å². The third kappa shape index (κ3) is 14.8. The summed E-state index contributed by atoms with van der Waals surface area (Å²) in [5.74, 6) is -5.93. The fourth-order valence-corrected chi connectivity index (χ4v) is 8.03. The first-order valence-corrected chi connectivity index (χ1v) is 21.7. The number of hydrogen-bond acceptors (Lipinski definition) is 25. The molecule has 0 unspecified atom stereocenters. The second kappa shape index (κ2) is 25.0. The summed E-state index contributed by atoms with van der Waals surface area (Å²) in [6, 6.07) is 8.93. The molecule has 346 valence electrons. The van der Waals surface area contributed by atoms with Gasteiger partial charge in [0.2, 0.25) is 0 Å². The Morgan fingerprint density at radius 2 is 0.855 bits per heavy atom. The van der Waals surface area contributed by atoms with Crippen LogP contribution >= 0.6 is 0 Å². The molecule has 0 saturated carbocycles. The number of fused-ring (bicyclic) bond motifs is 2. The Hall–Kier alpha value is -2.48. The van der Waals surface area contributed by atoms with Crippen molar-refractivity contribution in [3.8, 4) is 23.0 Å². The van der Waals surface area contributed by atoms with Crippen LogP contribution in [0.5, 0.6) is 23.0 Å². The number of nitrogens with one attached hydrogen (secondary N) is 1. The Bertz CT molecular complexity index is 3450. The zero-order valence-electron chi connectivity index (χ0n) is 34.5. The summed E-state index contributed by atoms with van der Waals surface area (Å²) in [5.41, 5.74) is -7.38. The molecule has 37 heteroatoms. The number of azo groups is 2. The summed E-state index contributed by atoms with van der Waals surface area (Å²) in [5, 5.41) is 89.1. The van der Waals surface area contributed by atoms with Gasteiger partial charge in [-0.2, -0.15) is 10.2 Å². The predicted octanol–water partition coefficient (Wildman–Crippen LogP) is -9.69. The first kappa shape index (κ1) is 66.5. The molecule has 0 heterocycles. The number of anilines is 2. The third-order valence-corrected chi connectivity index (χ3v) is 11.8. The zero-order valence-corrected chi connectivity index (χ0v) is 47.7. The van der Waals surface area contributed by atoms with Gasteiger partial charge in [-0.1, -0.05) is 29.4 Å². The van der Waals surface area contributed by atoms with Crippen LogP contribution in [0.2, 0.25) is 0 Å². The molecule has 1 N–H and O–H groups in total. The Balaban J connectivity index is 0.00000771. The van der Waals surface area contributed by atoms with Crippen LogP contribution < -0.4 is 144 Å². The van der Waals surface area contributed by atoms with Crippen LogP contribution in [-0.4, -0.2) is 61.7 Å². The first-order valence-electron chi connectivity index (χ1n) is 16.0. The van der Waals surface area contributed by atoms with Crippen LogP contribution in [0.25, 0.3) is 21.5 Å². The average Bonchev–Trinajstić information content (AvgIpc) is 3.16. The van der Waals surface area contributed by atoms with E-state index in [1.165, 1.54) is 12.1 Å². The first-order chi connectivity index (χ1) is 29.1. The van der Waals surface area contributed by atoms with Gasteiger partial charge in [0.25, 0.3) is 11.4 Å². The number of rotatable bonds is 12. The van der Waals surface area contributed by atoms with Crippen molar-refractivity contribution < 1.29 is 235 Å². The van der Waals surface area contributed by atoms with Gasteiger partial charge in [0.15, 0.2) is 0 Å². The van der Waals surface area contributed by atoms with Crippen LogP contribution in [-0.2, 0) is 74.6 Å². The van der Waals surface area contributed by atoms with E-state index in [9.17, 15) is 92.5 Å². The number of nitrogens with zero attached hydrogens (tertiary/aromatic N) is 6. The van der Waals surface area contributed by atoms with Gasteiger partial charge in [0, 0.05) is 35.3 Å². The molecule has 0 saturated heterocycles. The number of hydrogen-bond donors (Lipinski definition) is 1. The van der Waals surface area contributed by atoms with E-state index in [1.54, 1.807) is 0 Å². The topological polar surface area (TPSA) is 469 Å². The fraction of sp³-hybridized carbons (Fsp3) is 0. The Morgan fingerprint density at radius 1 is 0.449 bits per heavy atom. The summed E-state index contributed by atoms with van der Waals surface area (Å²) in [7, 11) is -22.3. The number of benzene rings is 6. The second-order valence-electron chi connectivity index (χ2n) is 12.4. The summed E-state index contributed by atoms with van der Waals surface area (Å²) >= 11 is 0. The fourth-order valence-electron chi connectivity index (χ4n) is 5.64. The molecule has 2 radical (unpaired) electrons. The summed E-state index contributed by atoms with van der Waals surface area (Å²) in [6.07, 6.45) is 0. The van der Waals surface area contributed by atoms with Crippen LogP contribution in [0.4, 0.5) is 45.5 Å². The number of nitro groups is 2. The van der Waals surface area contributed by atoms with Crippen molar-refractivity contribution in [3.05, 3.63) is 93.0 Å². The van der Waals surface area contributed by atoms with Crippen LogP contribution in [0.3, 0.4) is 0 Å². The van der Waals surface area contributed by atoms with E-state index in [0.717, 1.165) is 24.3 Å². The molecule has 0 bridgehead atoms. The molecule has 0 aliphatic rings. The van der Waals surface area contributed by atoms with Crippen molar-refractivity contribution in [3.63, 3.8) is 0 Å². The summed E-state index contributed by atoms with van der Waals surface area (Å²) in [6.45, 7) is 0. The maximum atomic E-state index is 13.4.